The quantitative estimate of drug-likeness (QED) is 0.802. The third-order valence-electron chi connectivity index (χ3n) is 3.57. The van der Waals surface area contributed by atoms with Crippen LogP contribution in [-0.2, 0) is 16.1 Å². The molecule has 0 atom stereocenters. The van der Waals surface area contributed by atoms with Gasteiger partial charge in [-0.1, -0.05) is 29.3 Å². The van der Waals surface area contributed by atoms with E-state index in [1.807, 2.05) is 18.2 Å². The molecule has 0 radical (unpaired) electrons. The molecule has 1 fully saturated rings. The Morgan fingerprint density at radius 3 is 2.42 bits per heavy atom. The minimum Gasteiger partial charge on any atom is -0.469 e. The first-order valence-electron chi connectivity index (χ1n) is 6.35. The third-order valence-corrected chi connectivity index (χ3v) is 4.27. The van der Waals surface area contributed by atoms with Gasteiger partial charge in [-0.3, -0.25) is 9.69 Å². The van der Waals surface area contributed by atoms with Gasteiger partial charge in [-0.25, -0.2) is 0 Å². The highest BCUT2D eigenvalue weighted by Crippen LogP contribution is 2.27. The molecule has 1 heterocycles. The fourth-order valence-electron chi connectivity index (χ4n) is 2.40. The van der Waals surface area contributed by atoms with E-state index in [2.05, 4.69) is 4.90 Å². The van der Waals surface area contributed by atoms with Crippen molar-refractivity contribution in [3.8, 4) is 0 Å². The van der Waals surface area contributed by atoms with Crippen molar-refractivity contribution in [3.05, 3.63) is 33.8 Å². The van der Waals surface area contributed by atoms with Crippen LogP contribution >= 0.6 is 23.2 Å². The van der Waals surface area contributed by atoms with E-state index in [-0.39, 0.29) is 11.9 Å². The summed E-state index contributed by atoms with van der Waals surface area (Å²) in [4.78, 5) is 13.7. The van der Waals surface area contributed by atoms with Gasteiger partial charge in [0.2, 0.25) is 0 Å². The lowest BCUT2D eigenvalue weighted by Crippen LogP contribution is -2.36. The lowest BCUT2D eigenvalue weighted by atomic mass is 9.96. The number of rotatable bonds is 3. The molecule has 0 N–H and O–H groups in total. The Morgan fingerprint density at radius 1 is 1.32 bits per heavy atom. The van der Waals surface area contributed by atoms with E-state index in [4.69, 9.17) is 27.9 Å². The van der Waals surface area contributed by atoms with E-state index < -0.39 is 0 Å². The van der Waals surface area contributed by atoms with E-state index in [1.54, 1.807) is 0 Å². The first-order chi connectivity index (χ1) is 9.11. The molecule has 0 aromatic heterocycles. The summed E-state index contributed by atoms with van der Waals surface area (Å²) in [5.41, 5.74) is 0.961. The fraction of sp³-hybridized carbons (Fsp3) is 0.500. The van der Waals surface area contributed by atoms with Crippen molar-refractivity contribution in [1.29, 1.82) is 0 Å². The van der Waals surface area contributed by atoms with Gasteiger partial charge in [0.25, 0.3) is 0 Å². The molecule has 2 rings (SSSR count). The summed E-state index contributed by atoms with van der Waals surface area (Å²) in [6, 6.07) is 5.55. The summed E-state index contributed by atoms with van der Waals surface area (Å²) in [5.74, 6) is -0.0709. The van der Waals surface area contributed by atoms with Crippen LogP contribution in [0.2, 0.25) is 10.0 Å². The van der Waals surface area contributed by atoms with Gasteiger partial charge in [-0.2, -0.15) is 0 Å². The monoisotopic (exact) mass is 301 g/mol. The van der Waals surface area contributed by atoms with E-state index in [1.165, 1.54) is 7.11 Å². The lowest BCUT2D eigenvalue weighted by molar-refractivity contribution is -0.147. The zero-order chi connectivity index (χ0) is 13.8. The summed E-state index contributed by atoms with van der Waals surface area (Å²) in [6.07, 6.45) is 1.66. The number of hydrogen-bond donors (Lipinski definition) is 0. The standard InChI is InChI=1S/C14H17Cl2NO2/c1-19-14(18)10-5-7-17(8-6-10)9-11-12(15)3-2-4-13(11)16/h2-4,10H,5-9H2,1H3. The number of likely N-dealkylation sites (tertiary alicyclic amines) is 1. The largest absolute Gasteiger partial charge is 0.469 e. The van der Waals surface area contributed by atoms with E-state index in [0.717, 1.165) is 38.0 Å². The number of hydrogen-bond acceptors (Lipinski definition) is 3. The molecule has 0 unspecified atom stereocenters. The molecule has 5 heteroatoms. The first kappa shape index (κ1) is 14.6. The maximum Gasteiger partial charge on any atom is 0.308 e. The molecule has 3 nitrogen and oxygen atoms in total. The van der Waals surface area contributed by atoms with Gasteiger partial charge < -0.3 is 4.74 Å². The summed E-state index contributed by atoms with van der Waals surface area (Å²) < 4.78 is 4.78. The second kappa shape index (κ2) is 6.60. The molecule has 1 aliphatic heterocycles. The van der Waals surface area contributed by atoms with Crippen molar-refractivity contribution in [2.24, 2.45) is 5.92 Å². The number of nitrogens with zero attached hydrogens (tertiary/aromatic N) is 1. The number of piperidine rings is 1. The minimum absolute atomic E-state index is 0.0305. The second-order valence-electron chi connectivity index (χ2n) is 4.77. The highest BCUT2D eigenvalue weighted by molar-refractivity contribution is 6.35. The molecule has 0 aliphatic carbocycles. The van der Waals surface area contributed by atoms with Crippen molar-refractivity contribution >= 4 is 29.2 Å². The molecular formula is C14H17Cl2NO2. The molecule has 1 aromatic carbocycles. The minimum atomic E-state index is -0.101. The maximum atomic E-state index is 11.5. The van der Waals surface area contributed by atoms with Crippen LogP contribution in [0.4, 0.5) is 0 Å². The Labute approximate surface area is 123 Å². The van der Waals surface area contributed by atoms with Crippen molar-refractivity contribution < 1.29 is 9.53 Å². The zero-order valence-electron chi connectivity index (χ0n) is 10.9. The van der Waals surface area contributed by atoms with Crippen molar-refractivity contribution in [3.63, 3.8) is 0 Å². The van der Waals surface area contributed by atoms with Crippen molar-refractivity contribution in [2.75, 3.05) is 20.2 Å². The van der Waals surface area contributed by atoms with Gasteiger partial charge in [0, 0.05) is 22.2 Å². The Kier molecular flexibility index (Phi) is 5.08. The van der Waals surface area contributed by atoms with E-state index in [0.29, 0.717) is 10.0 Å². The molecule has 0 amide bonds. The van der Waals surface area contributed by atoms with Crippen molar-refractivity contribution in [2.45, 2.75) is 19.4 Å². The molecule has 104 valence electrons. The SMILES string of the molecule is COC(=O)C1CCN(Cc2c(Cl)cccc2Cl)CC1. The predicted octanol–water partition coefficient (Wildman–Crippen LogP) is 3.38. The van der Waals surface area contributed by atoms with Crippen LogP contribution in [0.15, 0.2) is 18.2 Å². The predicted molar refractivity (Wildman–Crippen MR) is 76.5 cm³/mol. The molecular weight excluding hydrogens is 285 g/mol. The number of benzene rings is 1. The third kappa shape index (κ3) is 3.62. The second-order valence-corrected chi connectivity index (χ2v) is 5.59. The van der Waals surface area contributed by atoms with Gasteiger partial charge in [0.15, 0.2) is 0 Å². The van der Waals surface area contributed by atoms with E-state index in [9.17, 15) is 4.79 Å². The van der Waals surface area contributed by atoms with Crippen LogP contribution in [0.5, 0.6) is 0 Å². The Hall–Kier alpha value is -0.770. The molecule has 1 aromatic rings. The zero-order valence-corrected chi connectivity index (χ0v) is 12.4. The summed E-state index contributed by atoms with van der Waals surface area (Å²) in [7, 11) is 1.44. The Balaban J connectivity index is 1.94. The Morgan fingerprint density at radius 2 is 1.89 bits per heavy atom. The number of ether oxygens (including phenoxy) is 1. The van der Waals surface area contributed by atoms with Gasteiger partial charge >= 0.3 is 5.97 Å². The summed E-state index contributed by atoms with van der Waals surface area (Å²) in [5, 5.41) is 1.39. The van der Waals surface area contributed by atoms with Gasteiger partial charge in [0.05, 0.1) is 13.0 Å². The van der Waals surface area contributed by atoms with Crippen LogP contribution in [0.3, 0.4) is 0 Å². The van der Waals surface area contributed by atoms with Crippen LogP contribution in [0.1, 0.15) is 18.4 Å². The van der Waals surface area contributed by atoms with E-state index >= 15 is 0 Å². The van der Waals surface area contributed by atoms with Gasteiger partial charge in [-0.15, -0.1) is 0 Å². The number of esters is 1. The number of methoxy groups -OCH3 is 1. The highest BCUT2D eigenvalue weighted by Gasteiger charge is 2.26. The topological polar surface area (TPSA) is 29.5 Å². The average Bonchev–Trinajstić information content (AvgIpc) is 2.43. The lowest BCUT2D eigenvalue weighted by Gasteiger charge is -2.31. The average molecular weight is 302 g/mol. The van der Waals surface area contributed by atoms with Gasteiger partial charge in [0.1, 0.15) is 0 Å². The van der Waals surface area contributed by atoms with Gasteiger partial charge in [-0.05, 0) is 38.1 Å². The fourth-order valence-corrected chi connectivity index (χ4v) is 2.92. The number of halogens is 2. The van der Waals surface area contributed by atoms with Crippen LogP contribution in [0.25, 0.3) is 0 Å². The molecule has 1 aliphatic rings. The molecule has 1 saturated heterocycles. The normalized spacial score (nSPS) is 17.4. The summed E-state index contributed by atoms with van der Waals surface area (Å²) >= 11 is 12.3. The van der Waals surface area contributed by atoms with Crippen molar-refractivity contribution in [1.82, 2.24) is 4.90 Å². The number of carbonyl (C=O) groups excluding carboxylic acids is 1. The van der Waals surface area contributed by atoms with Crippen LogP contribution in [-0.4, -0.2) is 31.1 Å². The smallest absolute Gasteiger partial charge is 0.308 e. The number of carbonyl (C=O) groups is 1. The summed E-state index contributed by atoms with van der Waals surface area (Å²) in [6.45, 7) is 2.45. The van der Waals surface area contributed by atoms with Crippen LogP contribution < -0.4 is 0 Å². The molecule has 19 heavy (non-hydrogen) atoms. The molecule has 0 saturated carbocycles. The molecule has 0 bridgehead atoms. The maximum absolute atomic E-state index is 11.5. The highest BCUT2D eigenvalue weighted by atomic mass is 35.5. The Bertz CT molecular complexity index is 437. The first-order valence-corrected chi connectivity index (χ1v) is 7.10. The molecule has 0 spiro atoms. The van der Waals surface area contributed by atoms with Crippen LogP contribution in [0, 0.1) is 5.92 Å².